The number of amidine groups is 1. The van der Waals surface area contributed by atoms with Gasteiger partial charge in [-0.2, -0.15) is 0 Å². The van der Waals surface area contributed by atoms with Gasteiger partial charge in [-0.05, 0) is 0 Å². The number of hydrogen-bond acceptors (Lipinski definition) is 6. The highest BCUT2D eigenvalue weighted by molar-refractivity contribution is 5.93. The molecule has 0 aliphatic rings. The van der Waals surface area contributed by atoms with E-state index in [1.54, 1.807) is 0 Å². The molecule has 0 aromatic carbocycles. The van der Waals surface area contributed by atoms with Gasteiger partial charge >= 0.3 is 6.01 Å². The minimum absolute atomic E-state index is 0.0359. The van der Waals surface area contributed by atoms with E-state index in [1.807, 2.05) is 0 Å². The molecule has 0 atom stereocenters. The Morgan fingerprint density at radius 1 is 1.62 bits per heavy atom. The molecule has 1 amide bonds. The molecule has 0 aliphatic carbocycles. The van der Waals surface area contributed by atoms with E-state index in [0.29, 0.717) is 0 Å². The van der Waals surface area contributed by atoms with E-state index in [9.17, 15) is 4.79 Å². The van der Waals surface area contributed by atoms with Gasteiger partial charge in [0.25, 0.3) is 5.89 Å². The maximum absolute atomic E-state index is 10.4. The monoisotopic (exact) mass is 184 g/mol. The highest BCUT2D eigenvalue weighted by Crippen LogP contribution is 1.98. The first-order chi connectivity index (χ1) is 6.09. The molecule has 1 aromatic heterocycles. The molecule has 0 unspecified atom stereocenters. The van der Waals surface area contributed by atoms with Crippen LogP contribution in [0.2, 0.25) is 0 Å². The van der Waals surface area contributed by atoms with Crippen LogP contribution in [0.25, 0.3) is 0 Å². The van der Waals surface area contributed by atoms with Gasteiger partial charge in [-0.25, -0.2) is 5.43 Å². The van der Waals surface area contributed by atoms with Crippen LogP contribution in [-0.4, -0.2) is 21.9 Å². The minimum atomic E-state index is -0.351. The average molecular weight is 184 g/mol. The van der Waals surface area contributed by atoms with Crippen LogP contribution in [0.1, 0.15) is 12.8 Å². The molecule has 13 heavy (non-hydrogen) atoms. The first kappa shape index (κ1) is 8.97. The summed E-state index contributed by atoms with van der Waals surface area (Å²) in [4.78, 5) is 10.4. The number of carbonyl (C=O) groups is 1. The van der Waals surface area contributed by atoms with Gasteiger partial charge in [-0.15, -0.1) is 10.2 Å². The quantitative estimate of drug-likeness (QED) is 0.288. The second-order valence-electron chi connectivity index (χ2n) is 2.11. The maximum Gasteiger partial charge on any atom is 0.313 e. The summed E-state index contributed by atoms with van der Waals surface area (Å²) in [5.41, 5.74) is 12.6. The van der Waals surface area contributed by atoms with Crippen molar-refractivity contribution in [1.82, 2.24) is 15.6 Å². The van der Waals surface area contributed by atoms with E-state index in [-0.39, 0.29) is 23.6 Å². The summed E-state index contributed by atoms with van der Waals surface area (Å²) in [6, 6.07) is -0.115. The van der Waals surface area contributed by atoms with Gasteiger partial charge in [0.15, 0.2) is 0 Å². The Balaban J connectivity index is 2.72. The van der Waals surface area contributed by atoms with Crippen LogP contribution in [0.3, 0.4) is 0 Å². The maximum atomic E-state index is 10.4. The Morgan fingerprint density at radius 3 is 2.77 bits per heavy atom. The van der Waals surface area contributed by atoms with Gasteiger partial charge in [0.05, 0.1) is 0 Å². The van der Waals surface area contributed by atoms with Crippen molar-refractivity contribution in [3.63, 3.8) is 0 Å². The zero-order valence-electron chi connectivity index (χ0n) is 6.81. The van der Waals surface area contributed by atoms with Crippen molar-refractivity contribution in [3.05, 3.63) is 5.89 Å². The normalized spacial score (nSPS) is 11.3. The second-order valence-corrected chi connectivity index (χ2v) is 2.11. The second kappa shape index (κ2) is 3.52. The highest BCUT2D eigenvalue weighted by Gasteiger charge is 2.07. The molecule has 0 radical (unpaired) electrons. The third-order valence-electron chi connectivity index (χ3n) is 0.994. The molecule has 70 valence electrons. The van der Waals surface area contributed by atoms with Crippen LogP contribution in [0.5, 0.6) is 0 Å². The summed E-state index contributed by atoms with van der Waals surface area (Å²) in [6.07, 6.45) is 0. The molecule has 1 aromatic rings. The lowest BCUT2D eigenvalue weighted by Crippen LogP contribution is -2.22. The van der Waals surface area contributed by atoms with Crippen molar-refractivity contribution in [1.29, 1.82) is 0 Å². The van der Waals surface area contributed by atoms with Gasteiger partial charge < -0.3 is 15.9 Å². The topological polar surface area (TPSA) is 132 Å². The van der Waals surface area contributed by atoms with Crippen LogP contribution in [0.15, 0.2) is 9.52 Å². The number of amides is 1. The number of anilines is 1. The minimum Gasteiger partial charge on any atom is -0.400 e. The molecule has 0 fully saturated rings. The van der Waals surface area contributed by atoms with E-state index >= 15 is 0 Å². The fourth-order valence-corrected chi connectivity index (χ4v) is 0.525. The molecular formula is C5H8N6O2. The number of nitrogens with zero attached hydrogens (tertiary/aromatic N) is 3. The molecule has 8 nitrogen and oxygen atoms in total. The van der Waals surface area contributed by atoms with Gasteiger partial charge in [0, 0.05) is 6.92 Å². The van der Waals surface area contributed by atoms with Crippen molar-refractivity contribution in [2.75, 3.05) is 5.73 Å². The molecule has 0 saturated carbocycles. The molecule has 5 N–H and O–H groups in total. The van der Waals surface area contributed by atoms with Crippen LogP contribution in [0, 0.1) is 0 Å². The van der Waals surface area contributed by atoms with Gasteiger partial charge in [0.1, 0.15) is 0 Å². The molecule has 1 rings (SSSR count). The Labute approximate surface area is 73.0 Å². The number of nitrogen functional groups attached to an aromatic ring is 1. The Hall–Kier alpha value is -2.12. The van der Waals surface area contributed by atoms with Crippen LogP contribution < -0.4 is 16.9 Å². The number of carbonyl (C=O) groups excluding carboxylic acids is 1. The standard InChI is InChI=1S/C5H8N6O2/c1-2(12)8-9-3(6)4-10-11-5(7)13-4/h1H3,(H2,6,9)(H2,7,11)(H,8,12). The lowest BCUT2D eigenvalue weighted by atomic mass is 10.6. The lowest BCUT2D eigenvalue weighted by molar-refractivity contribution is -0.118. The van der Waals surface area contributed by atoms with Crippen molar-refractivity contribution in [3.8, 4) is 0 Å². The van der Waals surface area contributed by atoms with Crippen molar-refractivity contribution < 1.29 is 9.21 Å². The molecule has 0 spiro atoms. The zero-order valence-corrected chi connectivity index (χ0v) is 6.81. The van der Waals surface area contributed by atoms with E-state index in [1.165, 1.54) is 6.92 Å². The Kier molecular flexibility index (Phi) is 2.43. The fourth-order valence-electron chi connectivity index (χ4n) is 0.525. The number of nitrogens with one attached hydrogen (secondary N) is 1. The molecular weight excluding hydrogens is 176 g/mol. The molecule has 0 bridgehead atoms. The van der Waals surface area contributed by atoms with Crippen LogP contribution in [0.4, 0.5) is 6.01 Å². The van der Waals surface area contributed by atoms with Gasteiger partial charge in [0.2, 0.25) is 11.7 Å². The Morgan fingerprint density at radius 2 is 2.31 bits per heavy atom. The zero-order chi connectivity index (χ0) is 9.84. The van der Waals surface area contributed by atoms with E-state index in [0.717, 1.165) is 0 Å². The summed E-state index contributed by atoms with van der Waals surface area (Å²) in [6.45, 7) is 1.29. The summed E-state index contributed by atoms with van der Waals surface area (Å²) >= 11 is 0. The first-order valence-electron chi connectivity index (χ1n) is 3.28. The number of rotatable bonds is 2. The summed E-state index contributed by atoms with van der Waals surface area (Å²) in [7, 11) is 0. The molecule has 0 aliphatic heterocycles. The molecule has 8 heteroatoms. The molecule has 1 heterocycles. The van der Waals surface area contributed by atoms with Crippen molar-refractivity contribution >= 4 is 17.8 Å². The first-order valence-corrected chi connectivity index (χ1v) is 3.28. The van der Waals surface area contributed by atoms with E-state index in [2.05, 4.69) is 20.7 Å². The Bertz CT molecular complexity index is 343. The van der Waals surface area contributed by atoms with Gasteiger partial charge in [-0.3, -0.25) is 4.79 Å². The summed E-state index contributed by atoms with van der Waals surface area (Å²) in [5, 5.41) is 10.2. The number of nitrogens with two attached hydrogens (primary N) is 2. The predicted octanol–water partition coefficient (Wildman–Crippen LogP) is -1.59. The fraction of sp³-hybridized carbons (Fsp3) is 0.200. The van der Waals surface area contributed by atoms with E-state index < -0.39 is 0 Å². The highest BCUT2D eigenvalue weighted by atomic mass is 16.4. The van der Waals surface area contributed by atoms with Crippen LogP contribution >= 0.6 is 0 Å². The average Bonchev–Trinajstić information content (AvgIpc) is 2.47. The molecule has 0 saturated heterocycles. The number of hydrazone groups is 1. The number of hydrogen-bond donors (Lipinski definition) is 3. The van der Waals surface area contributed by atoms with Crippen molar-refractivity contribution in [2.45, 2.75) is 6.92 Å². The van der Waals surface area contributed by atoms with Crippen LogP contribution in [-0.2, 0) is 4.79 Å². The van der Waals surface area contributed by atoms with E-state index in [4.69, 9.17) is 15.9 Å². The summed E-state index contributed by atoms with van der Waals surface area (Å²) < 4.78 is 4.73. The summed E-state index contributed by atoms with van der Waals surface area (Å²) in [5.74, 6) is -0.485. The SMILES string of the molecule is CC(=O)N/N=C(\N)c1nnc(N)o1. The third-order valence-corrected chi connectivity index (χ3v) is 0.994. The van der Waals surface area contributed by atoms with Gasteiger partial charge in [-0.1, -0.05) is 5.10 Å². The third kappa shape index (κ3) is 2.43. The predicted molar refractivity (Wildman–Crippen MR) is 43.3 cm³/mol. The lowest BCUT2D eigenvalue weighted by Gasteiger charge is -1.93. The smallest absolute Gasteiger partial charge is 0.313 e. The number of aromatic nitrogens is 2. The van der Waals surface area contributed by atoms with Crippen molar-refractivity contribution in [2.24, 2.45) is 10.8 Å². The largest absolute Gasteiger partial charge is 0.400 e.